The number of hydrogen-bond acceptors (Lipinski definition) is 5. The number of rotatable bonds is 8. The number of aryl methyl sites for hydroxylation is 1. The average Bonchev–Trinajstić information content (AvgIpc) is 2.87. The van der Waals surface area contributed by atoms with Gasteiger partial charge in [0.15, 0.2) is 0 Å². The molecule has 0 spiro atoms. The summed E-state index contributed by atoms with van der Waals surface area (Å²) in [6.07, 6.45) is 0.954. The lowest BCUT2D eigenvalue weighted by atomic mass is 10.2. The molecule has 0 amide bonds. The number of hydrogen-bond donors (Lipinski definition) is 2. The van der Waals surface area contributed by atoms with Crippen LogP contribution in [0.2, 0.25) is 0 Å². The number of benzene rings is 1. The second-order valence-electron chi connectivity index (χ2n) is 4.75. The Morgan fingerprint density at radius 3 is 2.95 bits per heavy atom. The monoisotopic (exact) mass is 294 g/mol. The van der Waals surface area contributed by atoms with Gasteiger partial charge in [0.05, 0.1) is 25.9 Å². The van der Waals surface area contributed by atoms with Crippen molar-refractivity contribution in [1.29, 1.82) is 0 Å². The van der Waals surface area contributed by atoms with Gasteiger partial charge < -0.3 is 19.7 Å². The van der Waals surface area contributed by atoms with Crippen molar-refractivity contribution in [2.24, 2.45) is 7.05 Å². The Morgan fingerprint density at radius 2 is 2.24 bits per heavy atom. The lowest BCUT2D eigenvalue weighted by Gasteiger charge is -2.12. The SMILES string of the molecule is Cn1cnnc1CNCC(O)COCc1ccccc1F. The van der Waals surface area contributed by atoms with E-state index in [1.165, 1.54) is 6.07 Å². The molecule has 2 rings (SSSR count). The molecule has 1 unspecified atom stereocenters. The fourth-order valence-corrected chi connectivity index (χ4v) is 1.80. The highest BCUT2D eigenvalue weighted by molar-refractivity contribution is 5.16. The summed E-state index contributed by atoms with van der Waals surface area (Å²) in [5, 5.41) is 20.5. The molecule has 0 aliphatic heterocycles. The molecular formula is C14H19FN4O2. The maximum atomic E-state index is 13.3. The Hall–Kier alpha value is -1.83. The van der Waals surface area contributed by atoms with Crippen molar-refractivity contribution in [2.75, 3.05) is 13.2 Å². The smallest absolute Gasteiger partial charge is 0.146 e. The maximum Gasteiger partial charge on any atom is 0.146 e. The Morgan fingerprint density at radius 1 is 1.43 bits per heavy atom. The quantitative estimate of drug-likeness (QED) is 0.747. The molecule has 1 aromatic carbocycles. The van der Waals surface area contributed by atoms with Gasteiger partial charge in [-0.3, -0.25) is 0 Å². The van der Waals surface area contributed by atoms with Crippen LogP contribution in [0.25, 0.3) is 0 Å². The van der Waals surface area contributed by atoms with Gasteiger partial charge in [-0.1, -0.05) is 18.2 Å². The highest BCUT2D eigenvalue weighted by atomic mass is 19.1. The van der Waals surface area contributed by atoms with Crippen LogP contribution in [-0.2, 0) is 24.9 Å². The molecule has 114 valence electrons. The van der Waals surface area contributed by atoms with Crippen molar-refractivity contribution < 1.29 is 14.2 Å². The zero-order valence-corrected chi connectivity index (χ0v) is 11.9. The van der Waals surface area contributed by atoms with E-state index in [0.29, 0.717) is 18.7 Å². The molecule has 1 heterocycles. The predicted molar refractivity (Wildman–Crippen MR) is 74.8 cm³/mol. The molecule has 2 N–H and O–H groups in total. The van der Waals surface area contributed by atoms with Crippen molar-refractivity contribution in [3.63, 3.8) is 0 Å². The Kier molecular flexibility index (Phi) is 5.79. The number of aromatic nitrogens is 3. The van der Waals surface area contributed by atoms with Crippen molar-refractivity contribution >= 4 is 0 Å². The lowest BCUT2D eigenvalue weighted by Crippen LogP contribution is -2.30. The largest absolute Gasteiger partial charge is 0.389 e. The third kappa shape index (κ3) is 4.89. The van der Waals surface area contributed by atoms with Gasteiger partial charge in [0.1, 0.15) is 18.0 Å². The molecule has 7 heteroatoms. The highest BCUT2D eigenvalue weighted by Gasteiger charge is 2.07. The molecule has 1 aromatic heterocycles. The molecule has 0 saturated heterocycles. The number of aliphatic hydroxyl groups excluding tert-OH is 1. The van der Waals surface area contributed by atoms with E-state index in [1.54, 1.807) is 29.1 Å². The molecule has 0 aliphatic rings. The normalized spacial score (nSPS) is 12.5. The van der Waals surface area contributed by atoms with Crippen molar-refractivity contribution in [3.05, 3.63) is 47.8 Å². The van der Waals surface area contributed by atoms with Crippen LogP contribution in [-0.4, -0.2) is 39.1 Å². The van der Waals surface area contributed by atoms with Gasteiger partial charge >= 0.3 is 0 Å². The van der Waals surface area contributed by atoms with E-state index >= 15 is 0 Å². The van der Waals surface area contributed by atoms with Gasteiger partial charge in [0.25, 0.3) is 0 Å². The van der Waals surface area contributed by atoms with Crippen LogP contribution in [0.1, 0.15) is 11.4 Å². The van der Waals surface area contributed by atoms with Gasteiger partial charge in [-0.25, -0.2) is 4.39 Å². The molecule has 0 radical (unpaired) electrons. The van der Waals surface area contributed by atoms with Gasteiger partial charge in [0.2, 0.25) is 0 Å². The molecule has 1 atom stereocenters. The maximum absolute atomic E-state index is 13.3. The van der Waals surface area contributed by atoms with E-state index in [9.17, 15) is 9.50 Å². The predicted octanol–water partition coefficient (Wildman–Crippen LogP) is 0.621. The van der Waals surface area contributed by atoms with Crippen molar-refractivity contribution in [1.82, 2.24) is 20.1 Å². The number of nitrogens with zero attached hydrogens (tertiary/aromatic N) is 3. The molecule has 6 nitrogen and oxygen atoms in total. The van der Waals surface area contributed by atoms with E-state index in [4.69, 9.17) is 4.74 Å². The van der Waals surface area contributed by atoms with E-state index < -0.39 is 6.10 Å². The molecule has 0 saturated carbocycles. The first kappa shape index (κ1) is 15.6. The lowest BCUT2D eigenvalue weighted by molar-refractivity contribution is 0.0276. The fourth-order valence-electron chi connectivity index (χ4n) is 1.80. The van der Waals surface area contributed by atoms with Crippen molar-refractivity contribution in [3.8, 4) is 0 Å². The average molecular weight is 294 g/mol. The molecule has 2 aromatic rings. The van der Waals surface area contributed by atoms with Crippen LogP contribution < -0.4 is 5.32 Å². The van der Waals surface area contributed by atoms with Crippen molar-refractivity contribution in [2.45, 2.75) is 19.3 Å². The van der Waals surface area contributed by atoms with Gasteiger partial charge in [-0.15, -0.1) is 10.2 Å². The molecule has 0 aliphatic carbocycles. The van der Waals surface area contributed by atoms with Gasteiger partial charge in [-0.05, 0) is 6.07 Å². The summed E-state index contributed by atoms with van der Waals surface area (Å²) in [5.41, 5.74) is 0.483. The molecular weight excluding hydrogens is 275 g/mol. The van der Waals surface area contributed by atoms with Gasteiger partial charge in [0, 0.05) is 19.2 Å². The summed E-state index contributed by atoms with van der Waals surface area (Å²) in [6.45, 7) is 1.16. The van der Waals surface area contributed by atoms with Crippen LogP contribution >= 0.6 is 0 Å². The minimum Gasteiger partial charge on any atom is -0.389 e. The first-order valence-corrected chi connectivity index (χ1v) is 6.69. The third-order valence-electron chi connectivity index (χ3n) is 2.99. The number of ether oxygens (including phenoxy) is 1. The summed E-state index contributed by atoms with van der Waals surface area (Å²) in [5.74, 6) is 0.488. The first-order chi connectivity index (χ1) is 10.2. The van der Waals surface area contributed by atoms with Crippen LogP contribution in [0.5, 0.6) is 0 Å². The minimum atomic E-state index is -0.662. The highest BCUT2D eigenvalue weighted by Crippen LogP contribution is 2.07. The zero-order valence-electron chi connectivity index (χ0n) is 11.9. The fraction of sp³-hybridized carbons (Fsp3) is 0.429. The van der Waals surface area contributed by atoms with E-state index in [-0.39, 0.29) is 19.0 Å². The summed E-state index contributed by atoms with van der Waals surface area (Å²) >= 11 is 0. The summed E-state index contributed by atoms with van der Waals surface area (Å²) in [7, 11) is 1.85. The number of aliphatic hydroxyl groups is 1. The Bertz CT molecular complexity index is 561. The second kappa shape index (κ2) is 7.82. The standard InChI is InChI=1S/C14H19FN4O2/c1-19-10-17-18-14(19)7-16-6-12(20)9-21-8-11-4-2-3-5-13(11)15/h2-5,10,12,16,20H,6-9H2,1H3. The van der Waals surface area contributed by atoms with E-state index in [1.807, 2.05) is 7.05 Å². The third-order valence-corrected chi connectivity index (χ3v) is 2.99. The van der Waals surface area contributed by atoms with Crippen LogP contribution in [0.4, 0.5) is 4.39 Å². The molecule has 21 heavy (non-hydrogen) atoms. The topological polar surface area (TPSA) is 72.2 Å². The zero-order chi connectivity index (χ0) is 15.1. The van der Waals surface area contributed by atoms with E-state index in [2.05, 4.69) is 15.5 Å². The molecule has 0 bridgehead atoms. The summed E-state index contributed by atoms with van der Waals surface area (Å²) in [4.78, 5) is 0. The molecule has 0 fully saturated rings. The number of halogens is 1. The minimum absolute atomic E-state index is 0.139. The van der Waals surface area contributed by atoms with Crippen LogP contribution in [0, 0.1) is 5.82 Å². The Balaban J connectivity index is 1.63. The summed E-state index contributed by atoms with van der Waals surface area (Å²) in [6, 6.07) is 6.43. The second-order valence-corrected chi connectivity index (χ2v) is 4.75. The van der Waals surface area contributed by atoms with Crippen LogP contribution in [0.15, 0.2) is 30.6 Å². The van der Waals surface area contributed by atoms with Crippen LogP contribution in [0.3, 0.4) is 0 Å². The first-order valence-electron chi connectivity index (χ1n) is 6.69. The van der Waals surface area contributed by atoms with E-state index in [0.717, 1.165) is 5.82 Å². The summed E-state index contributed by atoms with van der Waals surface area (Å²) < 4.78 is 20.5. The number of nitrogens with one attached hydrogen (secondary N) is 1. The van der Waals surface area contributed by atoms with Gasteiger partial charge in [-0.2, -0.15) is 0 Å². The Labute approximate surface area is 122 Å².